The van der Waals surface area contributed by atoms with Gasteiger partial charge in [-0.05, 0) is 41.0 Å². The Morgan fingerprint density at radius 2 is 1.72 bits per heavy atom. The van der Waals surface area contributed by atoms with E-state index in [1.54, 1.807) is 42.5 Å². The number of nitrogens with two attached hydrogens (primary N) is 1. The van der Waals surface area contributed by atoms with Gasteiger partial charge in [0, 0.05) is 24.3 Å². The number of anilines is 1. The van der Waals surface area contributed by atoms with Crippen LogP contribution in [0.1, 0.15) is 38.7 Å². The van der Waals surface area contributed by atoms with E-state index in [1.807, 2.05) is 12.1 Å². The van der Waals surface area contributed by atoms with Crippen molar-refractivity contribution in [3.8, 4) is 0 Å². The quantitative estimate of drug-likeness (QED) is 0.615. The van der Waals surface area contributed by atoms with Crippen molar-refractivity contribution in [3.05, 3.63) is 101 Å². The average Bonchev–Trinajstić information content (AvgIpc) is 3.10. The number of hydrogen-bond donors (Lipinski definition) is 2. The Bertz CT molecular complexity index is 1160. The third-order valence-electron chi connectivity index (χ3n) is 5.35. The first-order valence-electron chi connectivity index (χ1n) is 9.94. The highest BCUT2D eigenvalue weighted by Crippen LogP contribution is 2.34. The number of rotatable bonds is 5. The first-order chi connectivity index (χ1) is 15.3. The standard InChI is InChI=1S/C24H20F3N3O2/c25-24(26,27)18-10-15(13-28)11-19(12-18)29-22(31)21(16-6-2-1-3-7-16)30-14-17-8-4-5-9-20(17)23(30)32/h1-12,21H,13-14,28H2,(H,29,31)/t21-/m1/s1. The minimum atomic E-state index is -4.59. The largest absolute Gasteiger partial charge is 0.416 e. The number of halogens is 3. The molecule has 32 heavy (non-hydrogen) atoms. The first kappa shape index (κ1) is 21.6. The number of benzene rings is 3. The zero-order valence-corrected chi connectivity index (χ0v) is 16.9. The number of amides is 2. The molecule has 0 bridgehead atoms. The van der Waals surface area contributed by atoms with Crippen LogP contribution in [-0.2, 0) is 24.1 Å². The predicted molar refractivity (Wildman–Crippen MR) is 113 cm³/mol. The second-order valence-corrected chi connectivity index (χ2v) is 7.51. The van der Waals surface area contributed by atoms with Crippen molar-refractivity contribution in [2.45, 2.75) is 25.3 Å². The predicted octanol–water partition coefficient (Wildman–Crippen LogP) is 4.50. The molecule has 3 N–H and O–H groups in total. The first-order valence-corrected chi connectivity index (χ1v) is 9.94. The van der Waals surface area contributed by atoms with Gasteiger partial charge in [-0.15, -0.1) is 0 Å². The zero-order valence-electron chi connectivity index (χ0n) is 16.9. The van der Waals surface area contributed by atoms with E-state index in [-0.39, 0.29) is 30.2 Å². The molecule has 4 rings (SSSR count). The van der Waals surface area contributed by atoms with Gasteiger partial charge in [-0.1, -0.05) is 48.5 Å². The molecule has 1 heterocycles. The second kappa shape index (κ2) is 8.47. The number of alkyl halides is 3. The maximum absolute atomic E-state index is 13.3. The molecule has 3 aromatic carbocycles. The molecule has 1 aliphatic heterocycles. The maximum Gasteiger partial charge on any atom is 0.416 e. The molecule has 0 aromatic heterocycles. The molecule has 3 aromatic rings. The Kier molecular flexibility index (Phi) is 5.71. The van der Waals surface area contributed by atoms with Gasteiger partial charge in [0.1, 0.15) is 6.04 Å². The van der Waals surface area contributed by atoms with Crippen molar-refractivity contribution in [3.63, 3.8) is 0 Å². The summed E-state index contributed by atoms with van der Waals surface area (Å²) in [5.41, 5.74) is 6.69. The van der Waals surface area contributed by atoms with Crippen LogP contribution in [0.4, 0.5) is 18.9 Å². The van der Waals surface area contributed by atoms with Crippen LogP contribution >= 0.6 is 0 Å². The number of nitrogens with one attached hydrogen (secondary N) is 1. The van der Waals surface area contributed by atoms with Crippen molar-refractivity contribution >= 4 is 17.5 Å². The van der Waals surface area contributed by atoms with Gasteiger partial charge in [0.25, 0.3) is 11.8 Å². The lowest BCUT2D eigenvalue weighted by Gasteiger charge is -2.27. The van der Waals surface area contributed by atoms with Crippen molar-refractivity contribution in [2.24, 2.45) is 5.73 Å². The smallest absolute Gasteiger partial charge is 0.326 e. The molecule has 0 fully saturated rings. The zero-order chi connectivity index (χ0) is 22.9. The van der Waals surface area contributed by atoms with E-state index in [1.165, 1.54) is 11.0 Å². The fourth-order valence-corrected chi connectivity index (χ4v) is 3.85. The lowest BCUT2D eigenvalue weighted by atomic mass is 10.0. The lowest BCUT2D eigenvalue weighted by Crippen LogP contribution is -2.37. The molecule has 0 radical (unpaired) electrons. The monoisotopic (exact) mass is 439 g/mol. The summed E-state index contributed by atoms with van der Waals surface area (Å²) in [6.45, 7) is 0.105. The Morgan fingerprint density at radius 3 is 2.38 bits per heavy atom. The lowest BCUT2D eigenvalue weighted by molar-refractivity contribution is -0.137. The van der Waals surface area contributed by atoms with Crippen LogP contribution in [0.3, 0.4) is 0 Å². The molecule has 0 unspecified atom stereocenters. The topological polar surface area (TPSA) is 75.4 Å². The van der Waals surface area contributed by atoms with E-state index < -0.39 is 23.7 Å². The van der Waals surface area contributed by atoms with Crippen molar-refractivity contribution in [1.29, 1.82) is 0 Å². The van der Waals surface area contributed by atoms with E-state index >= 15 is 0 Å². The number of carbonyl (C=O) groups excluding carboxylic acids is 2. The molecule has 5 nitrogen and oxygen atoms in total. The molecule has 2 amide bonds. The van der Waals surface area contributed by atoms with E-state index in [0.717, 1.165) is 17.7 Å². The fraction of sp³-hybridized carbons (Fsp3) is 0.167. The highest BCUT2D eigenvalue weighted by atomic mass is 19.4. The van der Waals surface area contributed by atoms with Gasteiger partial charge in [-0.25, -0.2) is 0 Å². The van der Waals surface area contributed by atoms with Crippen molar-refractivity contribution in [2.75, 3.05) is 5.32 Å². The van der Waals surface area contributed by atoms with Crippen molar-refractivity contribution in [1.82, 2.24) is 4.90 Å². The summed E-state index contributed by atoms with van der Waals surface area (Å²) >= 11 is 0. The summed E-state index contributed by atoms with van der Waals surface area (Å²) in [7, 11) is 0. The summed E-state index contributed by atoms with van der Waals surface area (Å²) in [4.78, 5) is 27.8. The second-order valence-electron chi connectivity index (χ2n) is 7.51. The van der Waals surface area contributed by atoms with Gasteiger partial charge in [0.15, 0.2) is 0 Å². The Hall–Kier alpha value is -3.65. The van der Waals surface area contributed by atoms with Gasteiger partial charge in [-0.3, -0.25) is 9.59 Å². The number of carbonyl (C=O) groups is 2. The van der Waals surface area contributed by atoms with Crippen LogP contribution in [0, 0.1) is 0 Å². The Morgan fingerprint density at radius 1 is 1.03 bits per heavy atom. The van der Waals surface area contributed by atoms with E-state index in [0.29, 0.717) is 11.1 Å². The van der Waals surface area contributed by atoms with Crippen LogP contribution in [0.25, 0.3) is 0 Å². The maximum atomic E-state index is 13.3. The summed E-state index contributed by atoms with van der Waals surface area (Å²) in [6.07, 6.45) is -4.59. The van der Waals surface area contributed by atoms with E-state index in [4.69, 9.17) is 5.73 Å². The van der Waals surface area contributed by atoms with Crippen LogP contribution in [0.5, 0.6) is 0 Å². The summed E-state index contributed by atoms with van der Waals surface area (Å²) in [5.74, 6) is -0.920. The Balaban J connectivity index is 1.69. The van der Waals surface area contributed by atoms with Crippen molar-refractivity contribution < 1.29 is 22.8 Å². The van der Waals surface area contributed by atoms with Crippen LogP contribution in [-0.4, -0.2) is 16.7 Å². The summed E-state index contributed by atoms with van der Waals surface area (Å²) < 4.78 is 39.9. The van der Waals surface area contributed by atoms with E-state index in [2.05, 4.69) is 5.32 Å². The van der Waals surface area contributed by atoms with Gasteiger partial charge >= 0.3 is 6.18 Å². The molecule has 0 aliphatic carbocycles. The molecule has 1 atom stereocenters. The minimum absolute atomic E-state index is 0.0321. The highest BCUT2D eigenvalue weighted by molar-refractivity contribution is 6.04. The summed E-state index contributed by atoms with van der Waals surface area (Å²) in [5, 5.41) is 2.56. The summed E-state index contributed by atoms with van der Waals surface area (Å²) in [6, 6.07) is 17.9. The third-order valence-corrected chi connectivity index (χ3v) is 5.35. The van der Waals surface area contributed by atoms with E-state index in [9.17, 15) is 22.8 Å². The SMILES string of the molecule is NCc1cc(NC(=O)[C@@H](c2ccccc2)N2Cc3ccccc3C2=O)cc(C(F)(F)F)c1. The molecule has 8 heteroatoms. The normalized spacial score (nSPS) is 14.2. The average molecular weight is 439 g/mol. The van der Waals surface area contributed by atoms with Gasteiger partial charge < -0.3 is 16.0 Å². The molecule has 164 valence electrons. The van der Waals surface area contributed by atoms with Gasteiger partial charge in [-0.2, -0.15) is 13.2 Å². The third kappa shape index (κ3) is 4.22. The Labute approximate surface area is 182 Å². The molecule has 1 aliphatic rings. The number of nitrogens with zero attached hydrogens (tertiary/aromatic N) is 1. The highest BCUT2D eigenvalue weighted by Gasteiger charge is 2.37. The van der Waals surface area contributed by atoms with Crippen LogP contribution in [0.15, 0.2) is 72.8 Å². The molecule has 0 saturated carbocycles. The van der Waals surface area contributed by atoms with Gasteiger partial charge in [0.05, 0.1) is 5.56 Å². The van der Waals surface area contributed by atoms with Gasteiger partial charge in [0.2, 0.25) is 0 Å². The number of fused-ring (bicyclic) bond motifs is 1. The molecular weight excluding hydrogens is 419 g/mol. The molecular formula is C24H20F3N3O2. The fourth-order valence-electron chi connectivity index (χ4n) is 3.85. The molecule has 0 spiro atoms. The number of hydrogen-bond acceptors (Lipinski definition) is 3. The van der Waals surface area contributed by atoms with Crippen LogP contribution < -0.4 is 11.1 Å². The minimum Gasteiger partial charge on any atom is -0.326 e. The van der Waals surface area contributed by atoms with Crippen LogP contribution in [0.2, 0.25) is 0 Å². The molecule has 0 saturated heterocycles.